The van der Waals surface area contributed by atoms with Crippen molar-refractivity contribution in [3.05, 3.63) is 23.0 Å². The molecule has 6 atom stereocenters. The standard InChI is InChI=1S/C26H40O5/c1-9-15(4)19(27)18-20(28)25(11-10-14(2)3)12-17-23(5,6)16(24(7,8)31)13-26(17,21(18)29)22(25)30/h10,15-17,22,29-31H,9,11-13H2,1-8H3/t15?,16-,17+,22?,25?,26-/m0/s1. The van der Waals surface area contributed by atoms with Gasteiger partial charge in [0.2, 0.25) is 0 Å². The highest BCUT2D eigenvalue weighted by molar-refractivity contribution is 6.24. The van der Waals surface area contributed by atoms with Gasteiger partial charge in [-0.05, 0) is 70.6 Å². The van der Waals surface area contributed by atoms with Crippen LogP contribution >= 0.6 is 0 Å². The van der Waals surface area contributed by atoms with Crippen LogP contribution in [0.25, 0.3) is 0 Å². The van der Waals surface area contributed by atoms with Gasteiger partial charge in [-0.25, -0.2) is 0 Å². The Hall–Kier alpha value is -1.46. The Kier molecular flexibility index (Phi) is 5.68. The molecule has 3 N–H and O–H groups in total. The van der Waals surface area contributed by atoms with Crippen LogP contribution in [-0.2, 0) is 9.59 Å². The molecule has 5 heteroatoms. The Morgan fingerprint density at radius 3 is 2.32 bits per heavy atom. The van der Waals surface area contributed by atoms with E-state index < -0.39 is 33.7 Å². The van der Waals surface area contributed by atoms with E-state index in [1.54, 1.807) is 20.8 Å². The van der Waals surface area contributed by atoms with Crippen LogP contribution in [0.3, 0.4) is 0 Å². The topological polar surface area (TPSA) is 94.8 Å². The summed E-state index contributed by atoms with van der Waals surface area (Å²) in [5.74, 6) is -1.77. The summed E-state index contributed by atoms with van der Waals surface area (Å²) in [6.07, 6.45) is 2.54. The summed E-state index contributed by atoms with van der Waals surface area (Å²) < 4.78 is 0. The van der Waals surface area contributed by atoms with Gasteiger partial charge in [-0.3, -0.25) is 9.59 Å². The minimum atomic E-state index is -1.12. The molecule has 0 aromatic carbocycles. The molecule has 0 radical (unpaired) electrons. The van der Waals surface area contributed by atoms with Gasteiger partial charge in [-0.2, -0.15) is 0 Å². The number of rotatable bonds is 6. The van der Waals surface area contributed by atoms with Crippen LogP contribution in [0.15, 0.2) is 23.0 Å². The molecule has 2 fully saturated rings. The summed E-state index contributed by atoms with van der Waals surface area (Å²) in [6, 6.07) is 0. The number of allylic oxidation sites excluding steroid dienone is 3. The third-order valence-corrected chi connectivity index (χ3v) is 8.93. The van der Waals surface area contributed by atoms with Gasteiger partial charge >= 0.3 is 0 Å². The summed E-state index contributed by atoms with van der Waals surface area (Å²) >= 11 is 0. The Balaban J connectivity index is 2.30. The predicted octanol–water partition coefficient (Wildman–Crippen LogP) is 4.52. The molecule has 0 aromatic heterocycles. The highest BCUT2D eigenvalue weighted by Crippen LogP contribution is 2.75. The lowest BCUT2D eigenvalue weighted by Crippen LogP contribution is -2.53. The van der Waals surface area contributed by atoms with Crippen molar-refractivity contribution in [2.45, 2.75) is 92.8 Å². The van der Waals surface area contributed by atoms with E-state index in [2.05, 4.69) is 13.8 Å². The fraction of sp³-hybridized carbons (Fsp3) is 0.769. The first kappa shape index (κ1) is 24.2. The van der Waals surface area contributed by atoms with Gasteiger partial charge in [0.1, 0.15) is 5.76 Å². The Bertz CT molecular complexity index is 854. The maximum atomic E-state index is 13.8. The van der Waals surface area contributed by atoms with Crippen molar-refractivity contribution in [3.8, 4) is 0 Å². The predicted molar refractivity (Wildman–Crippen MR) is 120 cm³/mol. The van der Waals surface area contributed by atoms with Crippen LogP contribution in [0.4, 0.5) is 0 Å². The Morgan fingerprint density at radius 2 is 1.84 bits per heavy atom. The van der Waals surface area contributed by atoms with E-state index in [9.17, 15) is 24.9 Å². The molecule has 2 saturated carbocycles. The molecule has 174 valence electrons. The highest BCUT2D eigenvalue weighted by atomic mass is 16.3. The average molecular weight is 433 g/mol. The summed E-state index contributed by atoms with van der Waals surface area (Å²) in [4.78, 5) is 27.1. The van der Waals surface area contributed by atoms with Crippen molar-refractivity contribution in [2.75, 3.05) is 0 Å². The van der Waals surface area contributed by atoms with Crippen LogP contribution in [0.2, 0.25) is 0 Å². The van der Waals surface area contributed by atoms with E-state index >= 15 is 0 Å². The summed E-state index contributed by atoms with van der Waals surface area (Å²) in [6.45, 7) is 15.2. The van der Waals surface area contributed by atoms with Crippen LogP contribution in [0, 0.1) is 34.0 Å². The third-order valence-electron chi connectivity index (χ3n) is 8.93. The van der Waals surface area contributed by atoms with Crippen molar-refractivity contribution < 1.29 is 24.9 Å². The van der Waals surface area contributed by atoms with Gasteiger partial charge in [0.05, 0.1) is 28.1 Å². The molecule has 0 heterocycles. The van der Waals surface area contributed by atoms with E-state index in [0.717, 1.165) is 5.57 Å². The van der Waals surface area contributed by atoms with Gasteiger partial charge in [0, 0.05) is 5.92 Å². The molecule has 2 bridgehead atoms. The summed E-state index contributed by atoms with van der Waals surface area (Å²) in [7, 11) is 0. The van der Waals surface area contributed by atoms with E-state index in [0.29, 0.717) is 25.7 Å². The number of Topliss-reactive ketones (excluding diaryl/α,β-unsaturated/α-hetero) is 2. The fourth-order valence-electron chi connectivity index (χ4n) is 7.06. The van der Waals surface area contributed by atoms with Crippen LogP contribution in [-0.4, -0.2) is 38.6 Å². The third kappa shape index (κ3) is 3.10. The summed E-state index contributed by atoms with van der Waals surface area (Å²) in [5, 5.41) is 34.3. The monoisotopic (exact) mass is 432 g/mol. The van der Waals surface area contributed by atoms with Crippen molar-refractivity contribution in [1.29, 1.82) is 0 Å². The maximum Gasteiger partial charge on any atom is 0.178 e. The largest absolute Gasteiger partial charge is 0.511 e. The number of fused-ring (bicyclic) bond motifs is 1. The SMILES string of the molecule is CCC(C)C(=O)C1=C(O)[C@]23C[C@H](C(C)(C)O)C(C)(C)[C@H]2CC(CC=C(C)C)(C1=O)C3O. The Labute approximate surface area is 186 Å². The fourth-order valence-corrected chi connectivity index (χ4v) is 7.06. The van der Waals surface area contributed by atoms with Gasteiger partial charge in [-0.15, -0.1) is 0 Å². The number of ketones is 2. The molecule has 3 rings (SSSR count). The van der Waals surface area contributed by atoms with E-state index in [1.165, 1.54) is 0 Å². The minimum absolute atomic E-state index is 0.100. The van der Waals surface area contributed by atoms with E-state index in [-0.39, 0.29) is 34.9 Å². The van der Waals surface area contributed by atoms with Gasteiger partial charge in [-0.1, -0.05) is 39.3 Å². The molecule has 3 aliphatic carbocycles. The lowest BCUT2D eigenvalue weighted by atomic mass is 9.61. The zero-order valence-electron chi connectivity index (χ0n) is 20.4. The van der Waals surface area contributed by atoms with Crippen LogP contribution in [0.1, 0.15) is 81.1 Å². The lowest BCUT2D eigenvalue weighted by molar-refractivity contribution is -0.140. The molecule has 31 heavy (non-hydrogen) atoms. The van der Waals surface area contributed by atoms with Crippen molar-refractivity contribution in [3.63, 3.8) is 0 Å². The molecular formula is C26H40O5. The second kappa shape index (κ2) is 7.28. The smallest absolute Gasteiger partial charge is 0.178 e. The number of hydrogen-bond acceptors (Lipinski definition) is 5. The number of carbonyl (C=O) groups excluding carboxylic acids is 2. The van der Waals surface area contributed by atoms with Gasteiger partial charge in [0.15, 0.2) is 11.6 Å². The molecule has 5 nitrogen and oxygen atoms in total. The molecule has 3 unspecified atom stereocenters. The molecule has 1 spiro atoms. The first-order valence-corrected chi connectivity index (χ1v) is 11.7. The van der Waals surface area contributed by atoms with Crippen molar-refractivity contribution in [1.82, 2.24) is 0 Å². The number of carbonyl (C=O) groups is 2. The summed E-state index contributed by atoms with van der Waals surface area (Å²) in [5.41, 5.74) is -2.72. The molecule has 0 amide bonds. The zero-order valence-corrected chi connectivity index (χ0v) is 20.4. The molecule has 0 saturated heterocycles. The molecule has 3 aliphatic rings. The lowest BCUT2D eigenvalue weighted by Gasteiger charge is -2.44. The Morgan fingerprint density at radius 1 is 1.26 bits per heavy atom. The maximum absolute atomic E-state index is 13.8. The van der Waals surface area contributed by atoms with Crippen LogP contribution < -0.4 is 0 Å². The van der Waals surface area contributed by atoms with Gasteiger partial charge < -0.3 is 15.3 Å². The number of aliphatic hydroxyl groups excluding tert-OH is 2. The minimum Gasteiger partial charge on any atom is -0.511 e. The number of aliphatic hydroxyl groups is 3. The highest BCUT2D eigenvalue weighted by Gasteiger charge is 2.77. The first-order chi connectivity index (χ1) is 14.1. The molecule has 0 aromatic rings. The number of hydrogen-bond donors (Lipinski definition) is 3. The van der Waals surface area contributed by atoms with Crippen LogP contribution in [0.5, 0.6) is 0 Å². The zero-order chi connectivity index (χ0) is 23.7. The second-order valence-electron chi connectivity index (χ2n) is 11.8. The van der Waals surface area contributed by atoms with Crippen molar-refractivity contribution >= 4 is 11.6 Å². The van der Waals surface area contributed by atoms with E-state index in [4.69, 9.17) is 0 Å². The van der Waals surface area contributed by atoms with Crippen molar-refractivity contribution in [2.24, 2.45) is 34.0 Å². The normalized spacial score (nSPS) is 37.6. The van der Waals surface area contributed by atoms with Gasteiger partial charge in [0.25, 0.3) is 0 Å². The first-order valence-electron chi connectivity index (χ1n) is 11.7. The molecule has 0 aliphatic heterocycles. The average Bonchev–Trinajstić information content (AvgIpc) is 3.03. The van der Waals surface area contributed by atoms with E-state index in [1.807, 2.05) is 26.8 Å². The molecular weight excluding hydrogens is 392 g/mol. The second-order valence-corrected chi connectivity index (χ2v) is 11.8. The quantitative estimate of drug-likeness (QED) is 0.424.